The van der Waals surface area contributed by atoms with Gasteiger partial charge in [0.05, 0.1) is 0 Å². The summed E-state index contributed by atoms with van der Waals surface area (Å²) in [7, 11) is 0. The number of nitrogens with one attached hydrogen (secondary N) is 1. The van der Waals surface area contributed by atoms with Gasteiger partial charge in [0.15, 0.2) is 0 Å². The Kier molecular flexibility index (Phi) is 6.04. The molecular formula is C14H19Cl2N. The molecule has 0 heterocycles. The van der Waals surface area contributed by atoms with E-state index in [2.05, 4.69) is 32.2 Å². The van der Waals surface area contributed by atoms with Crippen LogP contribution < -0.4 is 5.32 Å². The molecule has 0 bridgehead atoms. The lowest BCUT2D eigenvalue weighted by atomic mass is 10.1. The quantitative estimate of drug-likeness (QED) is 0.813. The lowest BCUT2D eigenvalue weighted by molar-refractivity contribution is 0.604. The zero-order valence-corrected chi connectivity index (χ0v) is 12.1. The second-order valence-corrected chi connectivity index (χ2v) is 5.14. The van der Waals surface area contributed by atoms with Crippen LogP contribution in [0.4, 0.5) is 0 Å². The summed E-state index contributed by atoms with van der Waals surface area (Å²) in [6.07, 6.45) is 3.26. The molecule has 0 amide bonds. The Balaban J connectivity index is 2.79. The number of hydrogen-bond acceptors (Lipinski definition) is 1. The van der Waals surface area contributed by atoms with Gasteiger partial charge in [-0.3, -0.25) is 0 Å². The highest BCUT2D eigenvalue weighted by Gasteiger charge is 2.03. The number of hydrogen-bond donors (Lipinski definition) is 1. The molecule has 94 valence electrons. The maximum absolute atomic E-state index is 5.97. The van der Waals surface area contributed by atoms with Gasteiger partial charge in [-0.05, 0) is 50.6 Å². The molecule has 1 rings (SSSR count). The Bertz CT molecular complexity index is 379. The van der Waals surface area contributed by atoms with Crippen LogP contribution in [0, 0.1) is 0 Å². The van der Waals surface area contributed by atoms with Gasteiger partial charge in [-0.2, -0.15) is 0 Å². The molecule has 0 aliphatic rings. The third-order valence-corrected chi connectivity index (χ3v) is 3.10. The Morgan fingerprint density at radius 3 is 2.41 bits per heavy atom. The minimum atomic E-state index is 0.368. The molecule has 0 aromatic heterocycles. The molecule has 0 spiro atoms. The van der Waals surface area contributed by atoms with Crippen LogP contribution >= 0.6 is 23.2 Å². The summed E-state index contributed by atoms with van der Waals surface area (Å²) in [5.41, 5.74) is 2.32. The fourth-order valence-corrected chi connectivity index (χ4v) is 2.11. The summed E-state index contributed by atoms with van der Waals surface area (Å²) >= 11 is 11.9. The Morgan fingerprint density at radius 1 is 1.29 bits per heavy atom. The van der Waals surface area contributed by atoms with Crippen LogP contribution in [0.5, 0.6) is 0 Å². The molecule has 3 heteroatoms. The topological polar surface area (TPSA) is 12.0 Å². The first kappa shape index (κ1) is 14.6. The first-order chi connectivity index (χ1) is 8.02. The van der Waals surface area contributed by atoms with Crippen LogP contribution in [0.25, 0.3) is 6.08 Å². The van der Waals surface area contributed by atoms with Crippen molar-refractivity contribution in [2.24, 2.45) is 0 Å². The highest BCUT2D eigenvalue weighted by atomic mass is 35.5. The van der Waals surface area contributed by atoms with E-state index >= 15 is 0 Å². The molecule has 0 aliphatic heterocycles. The van der Waals surface area contributed by atoms with Gasteiger partial charge in [0.1, 0.15) is 0 Å². The molecule has 1 unspecified atom stereocenters. The molecule has 0 fully saturated rings. The Labute approximate surface area is 114 Å². The van der Waals surface area contributed by atoms with Gasteiger partial charge >= 0.3 is 0 Å². The minimum Gasteiger partial charge on any atom is -0.311 e. The van der Waals surface area contributed by atoms with E-state index in [1.807, 2.05) is 12.1 Å². The summed E-state index contributed by atoms with van der Waals surface area (Å²) in [5, 5.41) is 4.79. The third-order valence-electron chi connectivity index (χ3n) is 2.66. The summed E-state index contributed by atoms with van der Waals surface area (Å²) < 4.78 is 0. The molecule has 0 radical (unpaired) electrons. The summed E-state index contributed by atoms with van der Waals surface area (Å²) in [5.74, 6) is 0. The van der Waals surface area contributed by atoms with Crippen molar-refractivity contribution < 1.29 is 0 Å². The second kappa shape index (κ2) is 7.05. The highest BCUT2D eigenvalue weighted by Crippen LogP contribution is 2.21. The van der Waals surface area contributed by atoms with Crippen LogP contribution in [0.3, 0.4) is 0 Å². The molecule has 1 atom stereocenters. The van der Waals surface area contributed by atoms with Crippen molar-refractivity contribution in [1.29, 1.82) is 0 Å². The van der Waals surface area contributed by atoms with Gasteiger partial charge in [-0.25, -0.2) is 0 Å². The van der Waals surface area contributed by atoms with Crippen molar-refractivity contribution in [3.8, 4) is 0 Å². The predicted molar refractivity (Wildman–Crippen MR) is 77.9 cm³/mol. The lowest BCUT2D eigenvalue weighted by Gasteiger charge is -2.14. The zero-order chi connectivity index (χ0) is 12.8. The van der Waals surface area contributed by atoms with Crippen LogP contribution in [0.2, 0.25) is 10.0 Å². The lowest BCUT2D eigenvalue weighted by Crippen LogP contribution is -2.27. The molecule has 1 N–H and O–H groups in total. The van der Waals surface area contributed by atoms with E-state index in [-0.39, 0.29) is 0 Å². The van der Waals surface area contributed by atoms with E-state index in [9.17, 15) is 0 Å². The van der Waals surface area contributed by atoms with Gasteiger partial charge in [0.25, 0.3) is 0 Å². The molecule has 1 nitrogen and oxygen atoms in total. The monoisotopic (exact) mass is 271 g/mol. The molecular weight excluding hydrogens is 253 g/mol. The van der Waals surface area contributed by atoms with Crippen molar-refractivity contribution >= 4 is 29.3 Å². The summed E-state index contributed by atoms with van der Waals surface area (Å²) in [6, 6.07) is 5.95. The first-order valence-corrected chi connectivity index (χ1v) is 6.66. The van der Waals surface area contributed by atoms with E-state index in [4.69, 9.17) is 23.2 Å². The third kappa shape index (κ3) is 5.12. The smallest absolute Gasteiger partial charge is 0.0426 e. The molecule has 0 saturated carbocycles. The van der Waals surface area contributed by atoms with Crippen molar-refractivity contribution in [3.63, 3.8) is 0 Å². The van der Waals surface area contributed by atoms with Gasteiger partial charge in [-0.1, -0.05) is 41.8 Å². The van der Waals surface area contributed by atoms with E-state index in [0.717, 1.165) is 18.5 Å². The fraction of sp³-hybridized carbons (Fsp3) is 0.429. The second-order valence-electron chi connectivity index (χ2n) is 4.27. The van der Waals surface area contributed by atoms with Crippen LogP contribution in [-0.2, 0) is 0 Å². The normalized spacial score (nSPS) is 13.8. The van der Waals surface area contributed by atoms with Gasteiger partial charge in [-0.15, -0.1) is 0 Å². The van der Waals surface area contributed by atoms with Crippen molar-refractivity contribution in [3.05, 3.63) is 39.4 Å². The van der Waals surface area contributed by atoms with Crippen LogP contribution in [0.1, 0.15) is 32.8 Å². The predicted octanol–water partition coefficient (Wildman–Crippen LogP) is 4.78. The molecule has 17 heavy (non-hydrogen) atoms. The number of benzene rings is 1. The number of halogens is 2. The number of rotatable bonds is 5. The maximum Gasteiger partial charge on any atom is 0.0426 e. The Morgan fingerprint density at radius 2 is 1.88 bits per heavy atom. The summed E-state index contributed by atoms with van der Waals surface area (Å²) in [4.78, 5) is 0. The van der Waals surface area contributed by atoms with Crippen molar-refractivity contribution in [2.75, 3.05) is 6.54 Å². The molecule has 0 aliphatic carbocycles. The fourth-order valence-electron chi connectivity index (χ4n) is 1.57. The molecule has 1 aromatic carbocycles. The van der Waals surface area contributed by atoms with Crippen LogP contribution in [-0.4, -0.2) is 12.6 Å². The van der Waals surface area contributed by atoms with E-state index in [1.165, 1.54) is 5.57 Å². The SMILES string of the molecule is CCCNC(C)/C(C)=C/c1cc(Cl)cc(Cl)c1. The molecule has 1 aromatic rings. The van der Waals surface area contributed by atoms with Gasteiger partial charge in [0, 0.05) is 16.1 Å². The average Bonchev–Trinajstić information content (AvgIpc) is 2.24. The van der Waals surface area contributed by atoms with Crippen molar-refractivity contribution in [1.82, 2.24) is 5.32 Å². The Hall–Kier alpha value is -0.500. The van der Waals surface area contributed by atoms with Gasteiger partial charge < -0.3 is 5.32 Å². The maximum atomic E-state index is 5.97. The highest BCUT2D eigenvalue weighted by molar-refractivity contribution is 6.34. The van der Waals surface area contributed by atoms with Gasteiger partial charge in [0.2, 0.25) is 0 Å². The van der Waals surface area contributed by atoms with E-state index < -0.39 is 0 Å². The zero-order valence-electron chi connectivity index (χ0n) is 10.6. The first-order valence-electron chi connectivity index (χ1n) is 5.90. The minimum absolute atomic E-state index is 0.368. The van der Waals surface area contributed by atoms with E-state index in [1.54, 1.807) is 6.07 Å². The summed E-state index contributed by atoms with van der Waals surface area (Å²) in [6.45, 7) is 7.47. The largest absolute Gasteiger partial charge is 0.311 e. The standard InChI is InChI=1S/C14H19Cl2N/c1-4-5-17-11(3)10(2)6-12-7-13(15)9-14(16)8-12/h6-9,11,17H,4-5H2,1-3H3/b10-6+. The van der Waals surface area contributed by atoms with Crippen molar-refractivity contribution in [2.45, 2.75) is 33.2 Å². The van der Waals surface area contributed by atoms with Crippen LogP contribution in [0.15, 0.2) is 23.8 Å². The van der Waals surface area contributed by atoms with E-state index in [0.29, 0.717) is 16.1 Å². The molecule has 0 saturated heterocycles. The average molecular weight is 272 g/mol.